The number of carboxylic acids is 3. The molecule has 1 amide bonds. The number of alkyl halides is 3. The average Bonchev–Trinajstić information content (AvgIpc) is 3.06. The maximum Gasteiger partial charge on any atom is 0.416 e. The summed E-state index contributed by atoms with van der Waals surface area (Å²) in [5.74, 6) is -8.14. The number of allylic oxidation sites excluding steroid dienone is 1. The quantitative estimate of drug-likeness (QED) is 0.0554. The SMILES string of the molecule is CCCCCCCC(=O)CCCCCCC=C[C@H](C(=O)N[C@@H](Cc1ccc(-c2cccc(C(F)(F)F)c2)cc1)C(=O)O)[C@@](O)(CC(=O)O)C(=O)O. The minimum atomic E-state index is -4.54. The first kappa shape index (κ1) is 42.6. The molecule has 0 aliphatic heterocycles. The number of nitrogens with one attached hydrogen (secondary N) is 1. The van der Waals surface area contributed by atoms with Crippen LogP contribution in [0.2, 0.25) is 0 Å². The van der Waals surface area contributed by atoms with Crippen LogP contribution in [-0.4, -0.2) is 61.7 Å². The highest BCUT2D eigenvalue weighted by molar-refractivity contribution is 5.94. The first-order valence-corrected chi connectivity index (χ1v) is 17.2. The molecule has 0 radical (unpaired) electrons. The molecule has 3 atom stereocenters. The first-order chi connectivity index (χ1) is 24.1. The van der Waals surface area contributed by atoms with Crippen molar-refractivity contribution in [3.63, 3.8) is 0 Å². The van der Waals surface area contributed by atoms with Crippen molar-refractivity contribution in [2.75, 3.05) is 0 Å². The Morgan fingerprint density at radius 2 is 1.41 bits per heavy atom. The van der Waals surface area contributed by atoms with Gasteiger partial charge in [-0.05, 0) is 54.5 Å². The largest absolute Gasteiger partial charge is 0.481 e. The number of aliphatic hydroxyl groups is 1. The van der Waals surface area contributed by atoms with Crippen LogP contribution in [-0.2, 0) is 36.6 Å². The molecule has 0 aromatic heterocycles. The number of aliphatic carboxylic acids is 3. The zero-order valence-corrected chi connectivity index (χ0v) is 28.8. The molecule has 0 spiro atoms. The van der Waals surface area contributed by atoms with Gasteiger partial charge in [0.25, 0.3) is 0 Å². The van der Waals surface area contributed by atoms with E-state index in [1.807, 2.05) is 0 Å². The molecule has 5 N–H and O–H groups in total. The highest BCUT2D eigenvalue weighted by Crippen LogP contribution is 2.32. The maximum absolute atomic E-state index is 13.4. The maximum atomic E-state index is 13.4. The monoisotopic (exact) mass is 719 g/mol. The van der Waals surface area contributed by atoms with Gasteiger partial charge in [0.1, 0.15) is 11.8 Å². The number of ketones is 1. The van der Waals surface area contributed by atoms with Crippen molar-refractivity contribution in [2.45, 2.75) is 115 Å². The molecule has 2 rings (SSSR count). The molecule has 2 aromatic carbocycles. The number of Topliss-reactive ketones (excluding diaryl/α,β-unsaturated/α-hetero) is 1. The van der Waals surface area contributed by atoms with Crippen LogP contribution in [0.1, 0.15) is 102 Å². The van der Waals surface area contributed by atoms with Crippen molar-refractivity contribution < 1.29 is 57.6 Å². The smallest absolute Gasteiger partial charge is 0.416 e. The molecule has 2 aromatic rings. The van der Waals surface area contributed by atoms with Gasteiger partial charge in [0.15, 0.2) is 5.60 Å². The summed E-state index contributed by atoms with van der Waals surface area (Å²) in [5, 5.41) is 42.1. The number of halogens is 3. The summed E-state index contributed by atoms with van der Waals surface area (Å²) in [6.45, 7) is 2.13. The van der Waals surface area contributed by atoms with Crippen LogP contribution in [0.4, 0.5) is 13.2 Å². The lowest BCUT2D eigenvalue weighted by Crippen LogP contribution is -2.55. The summed E-state index contributed by atoms with van der Waals surface area (Å²) in [6.07, 6.45) is 5.96. The third-order valence-corrected chi connectivity index (χ3v) is 8.58. The van der Waals surface area contributed by atoms with E-state index < -0.39 is 59.5 Å². The highest BCUT2D eigenvalue weighted by atomic mass is 19.4. The Morgan fingerprint density at radius 3 is 1.96 bits per heavy atom. The molecule has 13 heteroatoms. The van der Waals surface area contributed by atoms with E-state index in [0.717, 1.165) is 63.2 Å². The van der Waals surface area contributed by atoms with Crippen LogP contribution < -0.4 is 5.32 Å². The van der Waals surface area contributed by atoms with E-state index in [1.54, 1.807) is 0 Å². The van der Waals surface area contributed by atoms with Crippen LogP contribution >= 0.6 is 0 Å². The molecule has 0 unspecified atom stereocenters. The summed E-state index contributed by atoms with van der Waals surface area (Å²) < 4.78 is 39.4. The lowest BCUT2D eigenvalue weighted by molar-refractivity contribution is -0.172. The third kappa shape index (κ3) is 14.7. The Balaban J connectivity index is 2.07. The van der Waals surface area contributed by atoms with Crippen LogP contribution in [0.3, 0.4) is 0 Å². The molecule has 0 heterocycles. The van der Waals surface area contributed by atoms with Crippen molar-refractivity contribution in [1.29, 1.82) is 0 Å². The Labute approximate surface area is 295 Å². The fraction of sp³-hybridized carbons (Fsp3) is 0.500. The van der Waals surface area contributed by atoms with Crippen molar-refractivity contribution in [1.82, 2.24) is 5.32 Å². The van der Waals surface area contributed by atoms with Crippen LogP contribution in [0.25, 0.3) is 11.1 Å². The first-order valence-electron chi connectivity index (χ1n) is 17.2. The van der Waals surface area contributed by atoms with Gasteiger partial charge in [-0.3, -0.25) is 14.4 Å². The van der Waals surface area contributed by atoms with E-state index in [-0.39, 0.29) is 17.8 Å². The van der Waals surface area contributed by atoms with Crippen molar-refractivity contribution in [3.8, 4) is 11.1 Å². The molecule has 0 saturated carbocycles. The number of rotatable bonds is 24. The molecular formula is C38H48F3NO9. The van der Waals surface area contributed by atoms with E-state index in [1.165, 1.54) is 48.9 Å². The second kappa shape index (κ2) is 21.0. The molecule has 10 nitrogen and oxygen atoms in total. The van der Waals surface area contributed by atoms with Gasteiger partial charge >= 0.3 is 24.1 Å². The highest BCUT2D eigenvalue weighted by Gasteiger charge is 2.49. The second-order valence-corrected chi connectivity index (χ2v) is 12.7. The van der Waals surface area contributed by atoms with Gasteiger partial charge in [-0.1, -0.05) is 94.0 Å². The van der Waals surface area contributed by atoms with E-state index >= 15 is 0 Å². The summed E-state index contributed by atoms with van der Waals surface area (Å²) in [7, 11) is 0. The summed E-state index contributed by atoms with van der Waals surface area (Å²) in [5.41, 5.74) is -2.86. The van der Waals surface area contributed by atoms with Gasteiger partial charge in [-0.15, -0.1) is 0 Å². The van der Waals surface area contributed by atoms with E-state index in [9.17, 15) is 57.6 Å². The molecule has 0 aliphatic carbocycles. The lowest BCUT2D eigenvalue weighted by Gasteiger charge is -2.29. The molecule has 280 valence electrons. The van der Waals surface area contributed by atoms with Crippen molar-refractivity contribution >= 4 is 29.6 Å². The molecule has 0 saturated heterocycles. The minimum Gasteiger partial charge on any atom is -0.481 e. The van der Waals surface area contributed by atoms with E-state index in [2.05, 4.69) is 12.2 Å². The number of carbonyl (C=O) groups is 5. The summed E-state index contributed by atoms with van der Waals surface area (Å²) >= 11 is 0. The fourth-order valence-electron chi connectivity index (χ4n) is 5.64. The minimum absolute atomic E-state index is 0.235. The number of carboxylic acid groups (broad SMARTS) is 3. The van der Waals surface area contributed by atoms with Gasteiger partial charge in [-0.25, -0.2) is 9.59 Å². The predicted molar refractivity (Wildman–Crippen MR) is 184 cm³/mol. The fourth-order valence-corrected chi connectivity index (χ4v) is 5.64. The van der Waals surface area contributed by atoms with Crippen molar-refractivity contribution in [3.05, 3.63) is 71.8 Å². The number of benzene rings is 2. The van der Waals surface area contributed by atoms with Crippen LogP contribution in [0, 0.1) is 5.92 Å². The van der Waals surface area contributed by atoms with Crippen LogP contribution in [0.5, 0.6) is 0 Å². The Morgan fingerprint density at radius 1 is 0.804 bits per heavy atom. The summed E-state index contributed by atoms with van der Waals surface area (Å²) in [4.78, 5) is 61.1. The Kier molecular flexibility index (Phi) is 17.5. The van der Waals surface area contributed by atoms with Gasteiger partial charge in [0.05, 0.1) is 17.9 Å². The predicted octanol–water partition coefficient (Wildman–Crippen LogP) is 7.22. The van der Waals surface area contributed by atoms with Gasteiger partial charge in [0, 0.05) is 19.3 Å². The van der Waals surface area contributed by atoms with Gasteiger partial charge in [0.2, 0.25) is 5.91 Å². The molecule has 0 bridgehead atoms. The number of amides is 1. The number of hydrogen-bond donors (Lipinski definition) is 5. The van der Waals surface area contributed by atoms with Gasteiger partial charge in [-0.2, -0.15) is 13.2 Å². The number of carbonyl (C=O) groups excluding carboxylic acids is 2. The Hall–Kier alpha value is -4.52. The average molecular weight is 720 g/mol. The van der Waals surface area contributed by atoms with Crippen molar-refractivity contribution in [2.24, 2.45) is 5.92 Å². The second-order valence-electron chi connectivity index (χ2n) is 12.7. The topological polar surface area (TPSA) is 178 Å². The molecular weight excluding hydrogens is 671 g/mol. The molecule has 51 heavy (non-hydrogen) atoms. The number of unbranched alkanes of at least 4 members (excludes halogenated alkanes) is 8. The third-order valence-electron chi connectivity index (χ3n) is 8.58. The molecule has 0 aliphatic rings. The zero-order valence-electron chi connectivity index (χ0n) is 28.8. The van der Waals surface area contributed by atoms with Gasteiger partial charge < -0.3 is 25.7 Å². The molecule has 0 fully saturated rings. The standard InChI is InChI=1S/C38H48F3NO9/c1-2-3-4-7-10-16-30(43)17-11-8-5-6-9-12-18-31(37(51,36(49)50)25-33(44)45)34(46)42-32(35(47)48)23-26-19-21-27(22-20-26)28-14-13-15-29(24-28)38(39,40)41/h12-15,18-22,24,31-32,51H,2-11,16-17,23,25H2,1H3,(H,42,46)(H,44,45)(H,47,48)(H,49,50)/t31-,32+,37+/m1/s1. The van der Waals surface area contributed by atoms with E-state index in [4.69, 9.17) is 0 Å². The summed E-state index contributed by atoms with van der Waals surface area (Å²) in [6, 6.07) is 8.94. The number of hydrogen-bond acceptors (Lipinski definition) is 6. The Bertz CT molecular complexity index is 1490. The van der Waals surface area contributed by atoms with E-state index in [0.29, 0.717) is 36.8 Å². The lowest BCUT2D eigenvalue weighted by atomic mass is 9.82. The van der Waals surface area contributed by atoms with Crippen LogP contribution in [0.15, 0.2) is 60.7 Å². The normalized spacial score (nSPS) is 14.1. The zero-order chi connectivity index (χ0) is 38.0.